The highest BCUT2D eigenvalue weighted by atomic mass is 35.5. The molecule has 0 N–H and O–H groups in total. The van der Waals surface area contributed by atoms with Gasteiger partial charge in [-0.2, -0.15) is 0 Å². The Labute approximate surface area is 267 Å². The molecule has 1 aromatic heterocycles. The van der Waals surface area contributed by atoms with E-state index in [0.717, 1.165) is 6.42 Å². The molecule has 10 heteroatoms. The second-order valence-corrected chi connectivity index (χ2v) is 12.6. The predicted molar refractivity (Wildman–Crippen MR) is 168 cm³/mol. The van der Waals surface area contributed by atoms with E-state index in [4.69, 9.17) is 44.5 Å². The van der Waals surface area contributed by atoms with E-state index < -0.39 is 18.4 Å². The Morgan fingerprint density at radius 1 is 0.886 bits per heavy atom. The molecule has 7 rings (SSSR count). The van der Waals surface area contributed by atoms with Gasteiger partial charge in [-0.1, -0.05) is 58.6 Å². The Morgan fingerprint density at radius 2 is 1.59 bits per heavy atom. The number of ether oxygens (including phenoxy) is 1. The summed E-state index contributed by atoms with van der Waals surface area (Å²) in [6, 6.07) is 17.9. The highest BCUT2D eigenvalue weighted by molar-refractivity contribution is 6.37. The predicted octanol–water partition coefficient (Wildman–Crippen LogP) is 7.60. The number of carbonyl (C=O) groups excluding carboxylic acids is 4. The summed E-state index contributed by atoms with van der Waals surface area (Å²) in [4.78, 5) is 58.8. The molecule has 0 spiro atoms. The second-order valence-electron chi connectivity index (χ2n) is 11.4. The van der Waals surface area contributed by atoms with E-state index in [1.54, 1.807) is 48.5 Å². The summed E-state index contributed by atoms with van der Waals surface area (Å²) in [5, 5.41) is 1.39. The largest absolute Gasteiger partial charge is 0.454 e. The fourth-order valence-electron chi connectivity index (χ4n) is 6.83. The van der Waals surface area contributed by atoms with Crippen molar-refractivity contribution in [3.63, 3.8) is 0 Å². The number of rotatable bonds is 6. The van der Waals surface area contributed by atoms with Gasteiger partial charge in [-0.15, -0.1) is 0 Å². The lowest BCUT2D eigenvalue weighted by atomic mass is 9.82. The van der Waals surface area contributed by atoms with Crippen molar-refractivity contribution in [2.45, 2.75) is 13.3 Å². The van der Waals surface area contributed by atoms with Crippen LogP contribution in [-0.2, 0) is 14.3 Å². The highest BCUT2D eigenvalue weighted by Crippen LogP contribution is 2.56. The number of allylic oxidation sites excluding steroid dienone is 2. The van der Waals surface area contributed by atoms with Crippen molar-refractivity contribution < 1.29 is 23.9 Å². The van der Waals surface area contributed by atoms with Gasteiger partial charge in [-0.05, 0) is 79.8 Å². The minimum absolute atomic E-state index is 0.123. The van der Waals surface area contributed by atoms with Crippen molar-refractivity contribution in [3.8, 4) is 11.3 Å². The maximum Gasteiger partial charge on any atom is 0.339 e. The molecule has 2 bridgehead atoms. The van der Waals surface area contributed by atoms with Crippen LogP contribution in [0.25, 0.3) is 22.2 Å². The summed E-state index contributed by atoms with van der Waals surface area (Å²) >= 11 is 18.3. The van der Waals surface area contributed by atoms with E-state index in [0.29, 0.717) is 37.9 Å². The van der Waals surface area contributed by atoms with Crippen LogP contribution in [0.3, 0.4) is 0 Å². The number of benzene rings is 3. The standard InChI is InChI=1S/C34H23Cl3N2O5/c1-16-10-18-11-23(16)31-30(18)32(41)39(33(31)42)21-6-2-17(3-7-21)28-14-25(24-12-19(35)5-9-27(24)38-28)34(43)44-15-29(40)22-8-4-20(36)13-26(22)37/h2-10,12-14,18,23,30-31H,11,15H2,1H3. The number of anilines is 1. The molecule has 4 atom stereocenters. The number of ketones is 1. The maximum absolute atomic E-state index is 13.4. The fourth-order valence-corrected chi connectivity index (χ4v) is 7.51. The number of Topliss-reactive ketones (excluding diaryl/α,β-unsaturated/α-hetero) is 1. The first-order chi connectivity index (χ1) is 21.1. The van der Waals surface area contributed by atoms with Gasteiger partial charge >= 0.3 is 5.97 Å². The number of aromatic nitrogens is 1. The minimum Gasteiger partial charge on any atom is -0.454 e. The molecule has 4 unspecified atom stereocenters. The first-order valence-electron chi connectivity index (χ1n) is 14.0. The highest BCUT2D eigenvalue weighted by Gasteiger charge is 2.60. The lowest BCUT2D eigenvalue weighted by Crippen LogP contribution is -2.32. The van der Waals surface area contributed by atoms with Crippen LogP contribution in [-0.4, -0.2) is 35.2 Å². The SMILES string of the molecule is CC1=CC2CC1C1C(=O)N(c3ccc(-c4cc(C(=O)OCC(=O)c5ccc(Cl)cc5Cl)c5cc(Cl)ccc5n4)cc3)C(=O)C21. The number of fused-ring (bicyclic) bond motifs is 6. The van der Waals surface area contributed by atoms with E-state index in [9.17, 15) is 19.2 Å². The van der Waals surface area contributed by atoms with Gasteiger partial charge in [0.05, 0.1) is 39.3 Å². The molecule has 44 heavy (non-hydrogen) atoms. The van der Waals surface area contributed by atoms with Gasteiger partial charge in [0.1, 0.15) is 0 Å². The van der Waals surface area contributed by atoms with Gasteiger partial charge in [0.15, 0.2) is 6.61 Å². The smallest absolute Gasteiger partial charge is 0.339 e. The quantitative estimate of drug-likeness (QED) is 0.0928. The third-order valence-electron chi connectivity index (χ3n) is 8.86. The average molecular weight is 646 g/mol. The Hall–Kier alpha value is -4.04. The summed E-state index contributed by atoms with van der Waals surface area (Å²) in [5.74, 6) is -1.84. The topological polar surface area (TPSA) is 93.6 Å². The van der Waals surface area contributed by atoms with E-state index in [2.05, 4.69) is 6.08 Å². The monoisotopic (exact) mass is 644 g/mol. The molecule has 2 aliphatic carbocycles. The molecular weight excluding hydrogens is 623 g/mol. The molecule has 220 valence electrons. The van der Waals surface area contributed by atoms with Crippen molar-refractivity contribution in [3.05, 3.63) is 105 Å². The number of imide groups is 1. The zero-order valence-electron chi connectivity index (χ0n) is 23.2. The number of carbonyl (C=O) groups is 4. The normalized spacial score (nSPS) is 22.0. The zero-order chi connectivity index (χ0) is 30.9. The first-order valence-corrected chi connectivity index (χ1v) is 15.2. The molecule has 2 fully saturated rings. The van der Waals surface area contributed by atoms with Gasteiger partial charge < -0.3 is 4.74 Å². The van der Waals surface area contributed by atoms with Crippen molar-refractivity contribution in [2.75, 3.05) is 11.5 Å². The lowest BCUT2D eigenvalue weighted by Gasteiger charge is -2.19. The third kappa shape index (κ3) is 4.71. The molecule has 7 nitrogen and oxygen atoms in total. The van der Waals surface area contributed by atoms with Gasteiger partial charge in [-0.3, -0.25) is 19.3 Å². The molecule has 3 aliphatic rings. The Kier molecular flexibility index (Phi) is 7.08. The van der Waals surface area contributed by atoms with Crippen molar-refractivity contribution in [2.24, 2.45) is 23.7 Å². The Balaban J connectivity index is 1.16. The van der Waals surface area contributed by atoms with Crippen LogP contribution in [0.15, 0.2) is 78.4 Å². The molecule has 4 aromatic rings. The van der Waals surface area contributed by atoms with Crippen LogP contribution in [0.2, 0.25) is 15.1 Å². The van der Waals surface area contributed by atoms with Crippen molar-refractivity contribution in [1.82, 2.24) is 4.98 Å². The van der Waals surface area contributed by atoms with Crippen LogP contribution in [0.1, 0.15) is 34.1 Å². The number of halogens is 3. The molecular formula is C34H23Cl3N2O5. The number of amides is 2. The summed E-state index contributed by atoms with van der Waals surface area (Å²) in [7, 11) is 0. The van der Waals surface area contributed by atoms with Gasteiger partial charge in [0, 0.05) is 26.6 Å². The number of nitrogens with zero attached hydrogens (tertiary/aromatic N) is 2. The summed E-state index contributed by atoms with van der Waals surface area (Å²) < 4.78 is 5.41. The maximum atomic E-state index is 13.4. The van der Waals surface area contributed by atoms with Gasteiger partial charge in [-0.25, -0.2) is 9.78 Å². The van der Waals surface area contributed by atoms with Crippen molar-refractivity contribution in [1.29, 1.82) is 0 Å². The lowest BCUT2D eigenvalue weighted by molar-refractivity contribution is -0.123. The average Bonchev–Trinajstić information content (AvgIpc) is 3.65. The molecule has 2 amide bonds. The summed E-state index contributed by atoms with van der Waals surface area (Å²) in [6.07, 6.45) is 3.02. The van der Waals surface area contributed by atoms with Gasteiger partial charge in [0.25, 0.3) is 0 Å². The molecule has 2 heterocycles. The minimum atomic E-state index is -0.741. The molecule has 1 aliphatic heterocycles. The molecule has 3 aromatic carbocycles. The molecule has 1 saturated heterocycles. The zero-order valence-corrected chi connectivity index (χ0v) is 25.5. The Morgan fingerprint density at radius 3 is 2.34 bits per heavy atom. The van der Waals surface area contributed by atoms with E-state index in [1.807, 2.05) is 6.92 Å². The number of esters is 1. The van der Waals surface area contributed by atoms with Crippen LogP contribution in [0, 0.1) is 23.7 Å². The van der Waals surface area contributed by atoms with Crippen LogP contribution < -0.4 is 4.90 Å². The van der Waals surface area contributed by atoms with Crippen LogP contribution >= 0.6 is 34.8 Å². The number of pyridine rings is 1. The van der Waals surface area contributed by atoms with E-state index >= 15 is 0 Å². The van der Waals surface area contributed by atoms with E-state index in [1.165, 1.54) is 28.7 Å². The Bertz CT molecular complexity index is 1950. The fraction of sp³-hybridized carbons (Fsp3) is 0.206. The summed E-state index contributed by atoms with van der Waals surface area (Å²) in [5.41, 5.74) is 3.66. The van der Waals surface area contributed by atoms with Crippen LogP contribution in [0.5, 0.6) is 0 Å². The van der Waals surface area contributed by atoms with Crippen molar-refractivity contribution >= 4 is 75.0 Å². The second kappa shape index (κ2) is 10.8. The molecule has 0 radical (unpaired) electrons. The van der Waals surface area contributed by atoms with Gasteiger partial charge in [0.2, 0.25) is 17.6 Å². The number of hydrogen-bond acceptors (Lipinski definition) is 6. The molecule has 1 saturated carbocycles. The third-order valence-corrected chi connectivity index (χ3v) is 9.64. The summed E-state index contributed by atoms with van der Waals surface area (Å²) in [6.45, 7) is 1.50. The first kappa shape index (κ1) is 28.7. The van der Waals surface area contributed by atoms with E-state index in [-0.39, 0.29) is 51.6 Å². The van der Waals surface area contributed by atoms with Crippen LogP contribution in [0.4, 0.5) is 5.69 Å². The number of hydrogen-bond donors (Lipinski definition) is 0.